The van der Waals surface area contributed by atoms with Crippen molar-refractivity contribution in [3.63, 3.8) is 0 Å². The molecule has 0 radical (unpaired) electrons. The topological polar surface area (TPSA) is 135 Å². The molecule has 0 bridgehead atoms. The first-order valence-corrected chi connectivity index (χ1v) is 18.3. The quantitative estimate of drug-likeness (QED) is 0.160. The number of aldehydes is 1. The monoisotopic (exact) mass is 830 g/mol. The van der Waals surface area contributed by atoms with Crippen LogP contribution in [0.15, 0.2) is 42.0 Å². The molecule has 49 heavy (non-hydrogen) atoms. The van der Waals surface area contributed by atoms with Crippen LogP contribution in [0.3, 0.4) is 0 Å². The number of carbonyl (C=O) groups is 3. The van der Waals surface area contributed by atoms with Crippen LogP contribution in [0, 0.1) is 21.3 Å². The molecule has 0 unspecified atom stereocenters. The number of methoxy groups -OCH3 is 1. The van der Waals surface area contributed by atoms with E-state index in [9.17, 15) is 24.6 Å². The molecule has 13 heteroatoms. The smallest absolute Gasteiger partial charge is 0.249 e. The maximum absolute atomic E-state index is 14.3. The van der Waals surface area contributed by atoms with Crippen molar-refractivity contribution in [2.75, 3.05) is 26.9 Å². The number of ether oxygens (including phenoxy) is 3. The first-order valence-electron chi connectivity index (χ1n) is 16.5. The summed E-state index contributed by atoms with van der Waals surface area (Å²) in [6.07, 6.45) is 2.71. The van der Waals surface area contributed by atoms with Crippen LogP contribution in [0.5, 0.6) is 11.5 Å². The number of halogens is 3. The maximum Gasteiger partial charge on any atom is 0.249 e. The first-order chi connectivity index (χ1) is 23.4. The highest BCUT2D eigenvalue weighted by molar-refractivity contribution is 14.1. The van der Waals surface area contributed by atoms with Crippen molar-refractivity contribution in [3.05, 3.63) is 66.7 Å². The van der Waals surface area contributed by atoms with Crippen LogP contribution in [0.2, 0.25) is 10.0 Å². The Bertz CT molecular complexity index is 1520. The molecule has 0 saturated heterocycles. The van der Waals surface area contributed by atoms with Crippen molar-refractivity contribution in [1.82, 2.24) is 10.2 Å². The van der Waals surface area contributed by atoms with Gasteiger partial charge in [-0.15, -0.1) is 0 Å². The van der Waals surface area contributed by atoms with Gasteiger partial charge in [0.2, 0.25) is 11.8 Å². The number of hydrogen-bond donors (Lipinski definition) is 3. The Kier molecular flexibility index (Phi) is 14.6. The van der Waals surface area contributed by atoms with Crippen LogP contribution in [0.25, 0.3) is 0 Å². The predicted octanol–water partition coefficient (Wildman–Crippen LogP) is 5.84. The van der Waals surface area contributed by atoms with Gasteiger partial charge in [0.05, 0.1) is 39.5 Å². The summed E-state index contributed by atoms with van der Waals surface area (Å²) in [6, 6.07) is 7.26. The second kappa shape index (κ2) is 18.2. The van der Waals surface area contributed by atoms with Crippen molar-refractivity contribution >= 4 is 63.9 Å². The van der Waals surface area contributed by atoms with Gasteiger partial charge >= 0.3 is 0 Å². The summed E-state index contributed by atoms with van der Waals surface area (Å²) in [5, 5.41) is 24.7. The molecule has 2 aromatic rings. The molecule has 2 aliphatic carbocycles. The van der Waals surface area contributed by atoms with Gasteiger partial charge in [-0.05, 0) is 89.1 Å². The Balaban J connectivity index is 1.71. The van der Waals surface area contributed by atoms with Crippen LogP contribution >= 0.6 is 45.8 Å². The minimum absolute atomic E-state index is 0.00125. The molecule has 0 aromatic heterocycles. The van der Waals surface area contributed by atoms with E-state index in [4.69, 9.17) is 37.4 Å². The molecule has 1 saturated carbocycles. The van der Waals surface area contributed by atoms with E-state index >= 15 is 0 Å². The molecule has 268 valence electrons. The summed E-state index contributed by atoms with van der Waals surface area (Å²) in [6.45, 7) is 6.12. The third kappa shape index (κ3) is 10.1. The van der Waals surface area contributed by atoms with Gasteiger partial charge in [-0.1, -0.05) is 56.5 Å². The van der Waals surface area contributed by atoms with Crippen LogP contribution < -0.4 is 14.8 Å². The minimum atomic E-state index is -1.30. The lowest BCUT2D eigenvalue weighted by molar-refractivity contribution is -0.149. The van der Waals surface area contributed by atoms with Crippen molar-refractivity contribution in [3.8, 4) is 11.5 Å². The molecule has 0 aliphatic heterocycles. The normalized spacial score (nSPS) is 23.8. The van der Waals surface area contributed by atoms with Gasteiger partial charge in [0.15, 0.2) is 11.5 Å². The number of amides is 2. The third-order valence-corrected chi connectivity index (χ3v) is 10.8. The van der Waals surface area contributed by atoms with Gasteiger partial charge in [-0.25, -0.2) is 0 Å². The lowest BCUT2D eigenvalue weighted by atomic mass is 9.75. The Morgan fingerprint density at radius 1 is 1.16 bits per heavy atom. The predicted molar refractivity (Wildman–Crippen MR) is 196 cm³/mol. The lowest BCUT2D eigenvalue weighted by Crippen LogP contribution is -2.55. The summed E-state index contributed by atoms with van der Waals surface area (Å²) < 4.78 is 18.8. The van der Waals surface area contributed by atoms with Crippen molar-refractivity contribution in [2.24, 2.45) is 17.8 Å². The number of nitrogens with zero attached hydrogens (tertiary/aromatic N) is 1. The van der Waals surface area contributed by atoms with Gasteiger partial charge in [-0.3, -0.25) is 14.4 Å². The molecule has 10 nitrogen and oxygen atoms in total. The fourth-order valence-corrected chi connectivity index (χ4v) is 7.70. The van der Waals surface area contributed by atoms with Gasteiger partial charge < -0.3 is 34.6 Å². The van der Waals surface area contributed by atoms with E-state index in [0.29, 0.717) is 48.8 Å². The number of aliphatic hydroxyl groups excluding tert-OH is 2. The average molecular weight is 832 g/mol. The zero-order valence-corrected chi connectivity index (χ0v) is 31.8. The highest BCUT2D eigenvalue weighted by Gasteiger charge is 2.42. The van der Waals surface area contributed by atoms with Gasteiger partial charge in [0.1, 0.15) is 25.1 Å². The minimum Gasteiger partial charge on any atom is -0.493 e. The average Bonchev–Trinajstić information content (AvgIpc) is 3.07. The molecule has 1 fully saturated rings. The number of hydrogen-bond acceptors (Lipinski definition) is 8. The van der Waals surface area contributed by atoms with E-state index in [-0.39, 0.29) is 61.8 Å². The summed E-state index contributed by atoms with van der Waals surface area (Å²) >= 11 is 14.6. The SMILES string of the molecule is COc1cc(C=O)cc(I)c1O[C@H]1C=C(C(=O)NCCO)C[C@@H](N(Cc2ccc(Cl)c(Cl)c2)C(=O)CO[C@H]2C[C@@H](C)CC[C@@H]2C(C)C)[C@@H]1O. The second-order valence-electron chi connectivity index (χ2n) is 13.1. The van der Waals surface area contributed by atoms with Crippen LogP contribution in [-0.2, 0) is 20.9 Å². The third-order valence-electron chi connectivity index (χ3n) is 9.30. The zero-order chi connectivity index (χ0) is 35.8. The number of benzene rings is 2. The summed E-state index contributed by atoms with van der Waals surface area (Å²) in [5.41, 5.74) is 1.31. The van der Waals surface area contributed by atoms with E-state index in [1.165, 1.54) is 24.2 Å². The molecule has 2 aliphatic rings. The summed E-state index contributed by atoms with van der Waals surface area (Å²) in [7, 11) is 1.44. The van der Waals surface area contributed by atoms with E-state index in [2.05, 4.69) is 26.1 Å². The summed E-state index contributed by atoms with van der Waals surface area (Å²) in [5.74, 6) is 0.886. The Labute approximate surface area is 311 Å². The van der Waals surface area contributed by atoms with Crippen LogP contribution in [-0.4, -0.2) is 84.4 Å². The number of nitrogens with one attached hydrogen (secondary N) is 1. The Morgan fingerprint density at radius 2 is 1.92 bits per heavy atom. The van der Waals surface area contributed by atoms with Gasteiger partial charge in [-0.2, -0.15) is 0 Å². The number of aliphatic hydroxyl groups is 2. The second-order valence-corrected chi connectivity index (χ2v) is 15.1. The van der Waals surface area contributed by atoms with E-state index < -0.39 is 24.2 Å². The fourth-order valence-electron chi connectivity index (χ4n) is 6.63. The van der Waals surface area contributed by atoms with E-state index in [1.54, 1.807) is 24.3 Å². The Hall–Kier alpha value is -2.42. The summed E-state index contributed by atoms with van der Waals surface area (Å²) in [4.78, 5) is 40.6. The molecule has 6 atom stereocenters. The molecular formula is C36H45Cl2IN2O8. The van der Waals surface area contributed by atoms with Crippen LogP contribution in [0.4, 0.5) is 0 Å². The standard InChI is InChI=1S/C36H45Cl2IN2O8/c1-20(2)25-7-5-21(3)11-30(25)48-19-33(44)41(17-22-6-8-26(37)27(38)12-22)29-15-24(36(46)40-9-10-42)16-31(34(29)45)49-35-28(39)13-23(18-43)14-32(35)47-4/h6,8,12-14,16,18,20-21,25,29-31,34,42,45H,5,7,9-11,15,17,19H2,1-4H3,(H,40,46)/t21-,25+,29+,30-,31-,34-/m0/s1. The zero-order valence-electron chi connectivity index (χ0n) is 28.2. The molecule has 2 aromatic carbocycles. The fraction of sp³-hybridized carbons (Fsp3) is 0.528. The van der Waals surface area contributed by atoms with Crippen LogP contribution in [0.1, 0.15) is 62.4 Å². The molecular weight excluding hydrogens is 786 g/mol. The first kappa shape index (κ1) is 39.4. The van der Waals surface area contributed by atoms with Crippen molar-refractivity contribution in [1.29, 1.82) is 0 Å². The van der Waals surface area contributed by atoms with E-state index in [1.807, 2.05) is 22.6 Å². The largest absolute Gasteiger partial charge is 0.493 e. The molecule has 0 spiro atoms. The Morgan fingerprint density at radius 3 is 2.57 bits per heavy atom. The van der Waals surface area contributed by atoms with Crippen molar-refractivity contribution < 1.29 is 38.8 Å². The molecule has 0 heterocycles. The maximum atomic E-state index is 14.3. The highest BCUT2D eigenvalue weighted by atomic mass is 127. The molecule has 3 N–H and O–H groups in total. The number of rotatable bonds is 14. The molecule has 4 rings (SSSR count). The molecule has 2 amide bonds. The van der Waals surface area contributed by atoms with Gasteiger partial charge in [0.25, 0.3) is 0 Å². The highest BCUT2D eigenvalue weighted by Crippen LogP contribution is 2.38. The number of carbonyl (C=O) groups excluding carboxylic acids is 3. The van der Waals surface area contributed by atoms with Gasteiger partial charge in [0, 0.05) is 30.6 Å². The lowest BCUT2D eigenvalue weighted by Gasteiger charge is -2.41. The van der Waals surface area contributed by atoms with E-state index in [0.717, 1.165) is 19.3 Å². The van der Waals surface area contributed by atoms with Crippen molar-refractivity contribution in [2.45, 2.75) is 77.4 Å².